The second-order valence-electron chi connectivity index (χ2n) is 4.98. The van der Waals surface area contributed by atoms with Gasteiger partial charge in [0.25, 0.3) is 0 Å². The summed E-state index contributed by atoms with van der Waals surface area (Å²) in [7, 11) is 0. The second-order valence-corrected chi connectivity index (χ2v) is 6.44. The molecule has 104 valence electrons. The van der Waals surface area contributed by atoms with Crippen LogP contribution in [0.15, 0.2) is 54.5 Å². The van der Waals surface area contributed by atoms with Crippen molar-refractivity contribution in [1.82, 2.24) is 9.55 Å². The van der Waals surface area contributed by atoms with E-state index in [0.29, 0.717) is 13.0 Å². The van der Waals surface area contributed by atoms with Gasteiger partial charge in [-0.3, -0.25) is 0 Å². The van der Waals surface area contributed by atoms with Crippen molar-refractivity contribution < 1.29 is 9.50 Å². The number of hydrogen-bond acceptors (Lipinski definition) is 3. The zero-order chi connectivity index (χ0) is 14.2. The van der Waals surface area contributed by atoms with Gasteiger partial charge in [0.05, 0.1) is 17.2 Å². The molecule has 0 bridgehead atoms. The van der Waals surface area contributed by atoms with Gasteiger partial charge in [-0.1, -0.05) is 12.1 Å². The number of thioether (sulfide) groups is 1. The Balaban J connectivity index is 1.98. The minimum Gasteiger partial charge on any atom is -0.387 e. The van der Waals surface area contributed by atoms with E-state index in [2.05, 4.69) is 11.6 Å². The van der Waals surface area contributed by atoms with Crippen LogP contribution in [-0.2, 0) is 6.54 Å². The topological polar surface area (TPSA) is 38.0 Å². The van der Waals surface area contributed by atoms with Crippen LogP contribution in [0.2, 0.25) is 0 Å². The molecular formula is C15H15FN2OS. The van der Waals surface area contributed by atoms with E-state index < -0.39 is 10.9 Å². The third-order valence-electron chi connectivity index (χ3n) is 3.58. The molecule has 0 saturated heterocycles. The Morgan fingerprint density at radius 1 is 1.55 bits per heavy atom. The molecule has 0 aliphatic carbocycles. The first-order chi connectivity index (χ1) is 9.64. The van der Waals surface area contributed by atoms with E-state index in [9.17, 15) is 9.50 Å². The molecule has 20 heavy (non-hydrogen) atoms. The third kappa shape index (κ3) is 2.17. The molecule has 0 fully saturated rings. The molecular weight excluding hydrogens is 275 g/mol. The van der Waals surface area contributed by atoms with Crippen molar-refractivity contribution in [3.63, 3.8) is 0 Å². The maximum atomic E-state index is 13.4. The molecule has 0 spiro atoms. The van der Waals surface area contributed by atoms with E-state index in [4.69, 9.17) is 0 Å². The third-order valence-corrected chi connectivity index (χ3v) is 5.08. The molecule has 3 nitrogen and oxygen atoms in total. The maximum Gasteiger partial charge on any atom is 0.124 e. The van der Waals surface area contributed by atoms with E-state index >= 15 is 0 Å². The summed E-state index contributed by atoms with van der Waals surface area (Å²) < 4.78 is 14.8. The predicted molar refractivity (Wildman–Crippen MR) is 77.0 cm³/mol. The molecule has 2 unspecified atom stereocenters. The van der Waals surface area contributed by atoms with Crippen LogP contribution in [0, 0.1) is 5.82 Å². The molecule has 1 aromatic heterocycles. The van der Waals surface area contributed by atoms with E-state index in [1.54, 1.807) is 24.7 Å². The highest BCUT2D eigenvalue weighted by molar-refractivity contribution is 8.01. The fourth-order valence-corrected chi connectivity index (χ4v) is 4.21. The molecule has 1 aliphatic heterocycles. The Morgan fingerprint density at radius 3 is 3.10 bits per heavy atom. The van der Waals surface area contributed by atoms with Crippen LogP contribution in [0.5, 0.6) is 0 Å². The highest BCUT2D eigenvalue weighted by atomic mass is 32.2. The Morgan fingerprint density at radius 2 is 2.40 bits per heavy atom. The number of aliphatic hydroxyl groups is 1. The standard InChI is InChI=1S/C15H15FN2OS/c1-2-5-15(9-18-7-6-17-10-18)14(19)12-4-3-11(16)8-13(12)20-15/h2-4,6-8,10,14,19H,1,5,9H2. The van der Waals surface area contributed by atoms with E-state index in [0.717, 1.165) is 10.5 Å². The molecule has 2 atom stereocenters. The van der Waals surface area contributed by atoms with Crippen LogP contribution in [0.4, 0.5) is 4.39 Å². The maximum absolute atomic E-state index is 13.4. The van der Waals surface area contributed by atoms with Crippen molar-refractivity contribution in [3.8, 4) is 0 Å². The lowest BCUT2D eigenvalue weighted by Gasteiger charge is -2.31. The average Bonchev–Trinajstić information content (AvgIpc) is 2.99. The molecule has 0 saturated carbocycles. The summed E-state index contributed by atoms with van der Waals surface area (Å²) >= 11 is 1.52. The summed E-state index contributed by atoms with van der Waals surface area (Å²) in [4.78, 5) is 4.84. The fourth-order valence-electron chi connectivity index (χ4n) is 2.65. The zero-order valence-electron chi connectivity index (χ0n) is 10.9. The number of aliphatic hydroxyl groups excluding tert-OH is 1. The van der Waals surface area contributed by atoms with E-state index in [1.165, 1.54) is 23.9 Å². The fraction of sp³-hybridized carbons (Fsp3) is 0.267. The van der Waals surface area contributed by atoms with Gasteiger partial charge < -0.3 is 9.67 Å². The number of benzene rings is 1. The van der Waals surface area contributed by atoms with E-state index in [1.807, 2.05) is 10.8 Å². The molecule has 1 aliphatic rings. The van der Waals surface area contributed by atoms with Crippen molar-refractivity contribution in [2.45, 2.75) is 28.7 Å². The monoisotopic (exact) mass is 290 g/mol. The summed E-state index contributed by atoms with van der Waals surface area (Å²) in [6, 6.07) is 4.55. The molecule has 3 rings (SSSR count). The van der Waals surface area contributed by atoms with Crippen molar-refractivity contribution >= 4 is 11.8 Å². The highest BCUT2D eigenvalue weighted by Gasteiger charge is 2.46. The van der Waals surface area contributed by atoms with Gasteiger partial charge in [-0.25, -0.2) is 9.37 Å². The second kappa shape index (κ2) is 5.07. The first-order valence-corrected chi connectivity index (χ1v) is 7.19. The van der Waals surface area contributed by atoms with E-state index in [-0.39, 0.29) is 5.82 Å². The zero-order valence-corrected chi connectivity index (χ0v) is 11.7. The van der Waals surface area contributed by atoms with Crippen molar-refractivity contribution in [2.24, 2.45) is 0 Å². The van der Waals surface area contributed by atoms with Crippen LogP contribution in [0.1, 0.15) is 18.1 Å². The SMILES string of the molecule is C=CCC1(Cn2ccnc2)Sc2cc(F)ccc2C1O. The lowest BCUT2D eigenvalue weighted by Crippen LogP contribution is -2.33. The Hall–Kier alpha value is -1.59. The van der Waals surface area contributed by atoms with Crippen LogP contribution in [-0.4, -0.2) is 19.4 Å². The molecule has 0 amide bonds. The lowest BCUT2D eigenvalue weighted by molar-refractivity contribution is 0.123. The summed E-state index contributed by atoms with van der Waals surface area (Å²) in [5.41, 5.74) is 0.790. The normalized spacial score (nSPS) is 24.6. The van der Waals surface area contributed by atoms with Gasteiger partial charge in [-0.05, 0) is 24.1 Å². The number of hydrogen-bond donors (Lipinski definition) is 1. The Kier molecular flexibility index (Phi) is 3.40. The molecule has 2 aromatic rings. The largest absolute Gasteiger partial charge is 0.387 e. The lowest BCUT2D eigenvalue weighted by atomic mass is 9.92. The molecule has 1 aromatic carbocycles. The number of imidazole rings is 1. The van der Waals surface area contributed by atoms with Crippen LogP contribution in [0.3, 0.4) is 0 Å². The molecule has 0 radical (unpaired) electrons. The predicted octanol–water partition coefficient (Wildman–Crippen LogP) is 3.18. The van der Waals surface area contributed by atoms with Gasteiger partial charge in [-0.15, -0.1) is 18.3 Å². The first kappa shape index (κ1) is 13.4. The number of fused-ring (bicyclic) bond motifs is 1. The van der Waals surface area contributed by atoms with Crippen LogP contribution >= 0.6 is 11.8 Å². The van der Waals surface area contributed by atoms with Crippen molar-refractivity contribution in [3.05, 3.63) is 61.0 Å². The summed E-state index contributed by atoms with van der Waals surface area (Å²) in [6.45, 7) is 4.39. The smallest absolute Gasteiger partial charge is 0.124 e. The van der Waals surface area contributed by atoms with Crippen LogP contribution < -0.4 is 0 Å². The molecule has 1 N–H and O–H groups in total. The van der Waals surface area contributed by atoms with Crippen molar-refractivity contribution in [1.29, 1.82) is 0 Å². The number of rotatable bonds is 4. The Bertz CT molecular complexity index is 629. The van der Waals surface area contributed by atoms with Gasteiger partial charge in [-0.2, -0.15) is 0 Å². The average molecular weight is 290 g/mol. The molecule has 5 heteroatoms. The van der Waals surface area contributed by atoms with Gasteiger partial charge >= 0.3 is 0 Å². The minimum absolute atomic E-state index is 0.277. The van der Waals surface area contributed by atoms with Gasteiger partial charge in [0.1, 0.15) is 5.82 Å². The number of allylic oxidation sites excluding steroid dienone is 1. The molecule has 2 heterocycles. The van der Waals surface area contributed by atoms with Gasteiger partial charge in [0.2, 0.25) is 0 Å². The number of aromatic nitrogens is 2. The number of nitrogens with zero attached hydrogens (tertiary/aromatic N) is 2. The van der Waals surface area contributed by atoms with Gasteiger partial charge in [0, 0.05) is 23.8 Å². The van der Waals surface area contributed by atoms with Gasteiger partial charge in [0.15, 0.2) is 0 Å². The van der Waals surface area contributed by atoms with Crippen molar-refractivity contribution in [2.75, 3.05) is 0 Å². The quantitative estimate of drug-likeness (QED) is 0.879. The summed E-state index contributed by atoms with van der Waals surface area (Å²) in [5, 5.41) is 10.7. The first-order valence-electron chi connectivity index (χ1n) is 6.38. The minimum atomic E-state index is -0.650. The summed E-state index contributed by atoms with van der Waals surface area (Å²) in [6.07, 6.45) is 7.08. The van der Waals surface area contributed by atoms with Crippen LogP contribution in [0.25, 0.3) is 0 Å². The summed E-state index contributed by atoms with van der Waals surface area (Å²) in [5.74, 6) is -0.277. The number of halogens is 1. The highest BCUT2D eigenvalue weighted by Crippen LogP contribution is 2.54. The Labute approximate surface area is 121 Å².